The summed E-state index contributed by atoms with van der Waals surface area (Å²) in [7, 11) is -3.94. The first kappa shape index (κ1) is 41.4. The Morgan fingerprint density at radius 2 is 1.79 bits per heavy atom. The first-order valence-corrected chi connectivity index (χ1v) is 23.0. The summed E-state index contributed by atoms with van der Waals surface area (Å²) >= 11 is 1.47. The Labute approximate surface area is 343 Å². The lowest BCUT2D eigenvalue weighted by Crippen LogP contribution is -2.58. The van der Waals surface area contributed by atoms with Gasteiger partial charge in [-0.3, -0.25) is 19.1 Å². The van der Waals surface area contributed by atoms with Crippen molar-refractivity contribution >= 4 is 61.2 Å². The molecular formula is C41H53N7O8S2. The summed E-state index contributed by atoms with van der Waals surface area (Å²) < 4.78 is 38.9. The third kappa shape index (κ3) is 9.73. The number of benzene rings is 1. The number of pyridine rings is 1. The van der Waals surface area contributed by atoms with Gasteiger partial charge < -0.3 is 30.3 Å². The Morgan fingerprint density at radius 1 is 1.02 bits per heavy atom. The van der Waals surface area contributed by atoms with Crippen molar-refractivity contribution in [3.05, 3.63) is 47.4 Å². The summed E-state index contributed by atoms with van der Waals surface area (Å²) in [6.07, 6.45) is 10.1. The normalized spacial score (nSPS) is 26.2. The fourth-order valence-electron chi connectivity index (χ4n) is 8.18. The molecule has 2 aliphatic carbocycles. The molecule has 7 rings (SSSR count). The highest BCUT2D eigenvalue weighted by atomic mass is 32.2. The molecule has 0 spiro atoms. The summed E-state index contributed by atoms with van der Waals surface area (Å²) in [5, 5.41) is 12.5. The molecule has 4 amide bonds. The van der Waals surface area contributed by atoms with Crippen LogP contribution in [0.5, 0.6) is 5.75 Å². The van der Waals surface area contributed by atoms with Crippen molar-refractivity contribution < 1.29 is 37.1 Å². The van der Waals surface area contributed by atoms with Crippen molar-refractivity contribution in [1.82, 2.24) is 30.2 Å². The number of nitrogens with one attached hydrogen (secondary N) is 4. The molecule has 0 unspecified atom stereocenters. The van der Waals surface area contributed by atoms with Crippen LogP contribution in [0.1, 0.15) is 90.0 Å². The van der Waals surface area contributed by atoms with Gasteiger partial charge in [-0.2, -0.15) is 0 Å². The van der Waals surface area contributed by atoms with Crippen molar-refractivity contribution in [2.75, 3.05) is 18.1 Å². The molecule has 4 heterocycles. The maximum atomic E-state index is 14.7. The van der Waals surface area contributed by atoms with Crippen LogP contribution in [0.15, 0.2) is 41.8 Å². The average molecular weight is 836 g/mol. The van der Waals surface area contributed by atoms with E-state index in [9.17, 15) is 27.6 Å². The number of alkyl carbamates (subject to hydrolysis) is 1. The smallest absolute Gasteiger partial charge is 0.408 e. The summed E-state index contributed by atoms with van der Waals surface area (Å²) in [6.45, 7) is 6.05. The lowest BCUT2D eigenvalue weighted by atomic mass is 10.0. The van der Waals surface area contributed by atoms with E-state index < -0.39 is 63.5 Å². The standard InChI is InChI=1S/C41H53N7O8S2/c1-24(2)42-39-44-33(23-57-39)32-20-35(29-17-16-25(3)18-31(29)43-32)55-28-19-34-36(49)46-41(38(51)47-58(4,53)54)21-26(41)12-8-6-5-7-9-15-30(37(50)48(34)22-28)45-40(52)56-27-13-10-11-14-27/h8,12,16-18,20,23-24,26-28,30,34H,5-7,9-11,13-15,19,21-22H2,1-4H3,(H,42,44)(H,45,52)(H,46,49)(H,47,51)/b12-8-/t26-,28-,30+,34+,41-/m1/s1. The lowest BCUT2D eigenvalue weighted by molar-refractivity contribution is -0.141. The van der Waals surface area contributed by atoms with E-state index in [2.05, 4.69) is 20.7 Å². The third-order valence-corrected chi connectivity index (χ3v) is 12.5. The van der Waals surface area contributed by atoms with Gasteiger partial charge in [0.25, 0.3) is 5.91 Å². The number of sulfonamides is 1. The molecule has 2 aliphatic heterocycles. The van der Waals surface area contributed by atoms with Crippen molar-refractivity contribution in [2.45, 2.75) is 127 Å². The van der Waals surface area contributed by atoms with Crippen LogP contribution < -0.4 is 25.4 Å². The minimum Gasteiger partial charge on any atom is -0.488 e. The van der Waals surface area contributed by atoms with Crippen LogP contribution in [-0.4, -0.2) is 95.8 Å². The van der Waals surface area contributed by atoms with Gasteiger partial charge in [0.2, 0.25) is 21.8 Å². The van der Waals surface area contributed by atoms with Gasteiger partial charge in [-0.1, -0.05) is 31.1 Å². The molecule has 312 valence electrons. The van der Waals surface area contributed by atoms with Gasteiger partial charge in [0.15, 0.2) is 5.13 Å². The largest absolute Gasteiger partial charge is 0.488 e. The van der Waals surface area contributed by atoms with E-state index in [-0.39, 0.29) is 31.5 Å². The number of hydrogen-bond donors (Lipinski definition) is 4. The fourth-order valence-corrected chi connectivity index (χ4v) is 9.55. The zero-order valence-corrected chi connectivity index (χ0v) is 35.0. The SMILES string of the molecule is Cc1ccc2c(O[C@@H]3C[C@H]4C(=O)N[C@]5(C(=O)NS(C)(=O)=O)C[C@H]5/C=C\CCCCC[C@H](NC(=O)OC5CCCC5)C(=O)N4C3)cc(-c3csc(NC(C)C)n3)nc2c1. The monoisotopic (exact) mass is 835 g/mol. The number of rotatable bonds is 9. The van der Waals surface area contributed by atoms with E-state index in [0.29, 0.717) is 41.9 Å². The average Bonchev–Trinajstić information content (AvgIpc) is 3.58. The number of thiazole rings is 1. The van der Waals surface area contributed by atoms with Gasteiger partial charge in [-0.25, -0.2) is 23.2 Å². The Morgan fingerprint density at radius 3 is 2.55 bits per heavy atom. The van der Waals surface area contributed by atoms with Crippen LogP contribution in [0.25, 0.3) is 22.3 Å². The second-order valence-corrected chi connectivity index (χ2v) is 19.0. The number of ether oxygens (including phenoxy) is 2. The highest BCUT2D eigenvalue weighted by Gasteiger charge is 2.61. The van der Waals surface area contributed by atoms with Gasteiger partial charge in [-0.05, 0) is 89.8 Å². The topological polar surface area (TPSA) is 198 Å². The predicted molar refractivity (Wildman–Crippen MR) is 221 cm³/mol. The Bertz CT molecular complexity index is 2190. The maximum Gasteiger partial charge on any atom is 0.408 e. The summed E-state index contributed by atoms with van der Waals surface area (Å²) in [4.78, 5) is 67.0. The van der Waals surface area contributed by atoms with Gasteiger partial charge in [-0.15, -0.1) is 11.3 Å². The number of allylic oxidation sites excluding steroid dienone is 1. The zero-order valence-electron chi connectivity index (χ0n) is 33.4. The molecule has 1 aromatic carbocycles. The number of anilines is 1. The molecule has 5 atom stereocenters. The molecule has 1 saturated heterocycles. The minimum absolute atomic E-state index is 0.00279. The van der Waals surface area contributed by atoms with E-state index in [4.69, 9.17) is 19.4 Å². The molecule has 3 fully saturated rings. The van der Waals surface area contributed by atoms with Crippen LogP contribution >= 0.6 is 11.3 Å². The molecule has 15 nitrogen and oxygen atoms in total. The number of aromatic nitrogens is 2. The fraction of sp³-hybridized carbons (Fsp3) is 0.561. The number of fused-ring (bicyclic) bond motifs is 3. The first-order chi connectivity index (χ1) is 27.7. The Hall–Kier alpha value is -4.77. The molecule has 17 heteroatoms. The van der Waals surface area contributed by atoms with Crippen LogP contribution in [0.4, 0.5) is 9.93 Å². The second-order valence-electron chi connectivity index (χ2n) is 16.4. The molecule has 3 aromatic rings. The molecular weight excluding hydrogens is 783 g/mol. The quantitative estimate of drug-likeness (QED) is 0.203. The number of carbonyl (C=O) groups is 4. The molecule has 4 aliphatic rings. The Balaban J connectivity index is 1.21. The van der Waals surface area contributed by atoms with Crippen molar-refractivity contribution in [1.29, 1.82) is 0 Å². The van der Waals surface area contributed by atoms with E-state index in [1.54, 1.807) is 0 Å². The van der Waals surface area contributed by atoms with Crippen LogP contribution in [0.2, 0.25) is 0 Å². The molecule has 2 saturated carbocycles. The first-order valence-electron chi connectivity index (χ1n) is 20.3. The van der Waals surface area contributed by atoms with E-state index >= 15 is 0 Å². The number of hydrogen-bond acceptors (Lipinski definition) is 12. The third-order valence-electron chi connectivity index (χ3n) is 11.2. The number of carbonyl (C=O) groups excluding carboxylic acids is 4. The van der Waals surface area contributed by atoms with Crippen LogP contribution in [0.3, 0.4) is 0 Å². The van der Waals surface area contributed by atoms with E-state index in [0.717, 1.165) is 60.9 Å². The molecule has 58 heavy (non-hydrogen) atoms. The number of amides is 4. The van der Waals surface area contributed by atoms with Gasteiger partial charge in [0, 0.05) is 35.2 Å². The second kappa shape index (κ2) is 17.2. The van der Waals surface area contributed by atoms with Gasteiger partial charge in [0.1, 0.15) is 41.3 Å². The zero-order chi connectivity index (χ0) is 41.2. The number of aryl methyl sites for hydroxylation is 1. The van der Waals surface area contributed by atoms with Crippen LogP contribution in [0, 0.1) is 12.8 Å². The summed E-state index contributed by atoms with van der Waals surface area (Å²) in [5.74, 6) is -1.86. The Kier molecular flexibility index (Phi) is 12.3. The van der Waals surface area contributed by atoms with E-state index in [1.165, 1.54) is 16.2 Å². The van der Waals surface area contributed by atoms with Crippen molar-refractivity contribution in [3.63, 3.8) is 0 Å². The van der Waals surface area contributed by atoms with Crippen LogP contribution in [-0.2, 0) is 29.1 Å². The van der Waals surface area contributed by atoms with Gasteiger partial charge >= 0.3 is 6.09 Å². The molecule has 0 bridgehead atoms. The highest BCUT2D eigenvalue weighted by molar-refractivity contribution is 7.89. The molecule has 4 N–H and O–H groups in total. The lowest BCUT2D eigenvalue weighted by Gasteiger charge is -2.30. The maximum absolute atomic E-state index is 14.7. The summed E-state index contributed by atoms with van der Waals surface area (Å²) in [5.41, 5.74) is 1.44. The number of nitrogens with zero attached hydrogens (tertiary/aromatic N) is 3. The highest BCUT2D eigenvalue weighted by Crippen LogP contribution is 2.46. The van der Waals surface area contributed by atoms with Crippen molar-refractivity contribution in [3.8, 4) is 17.1 Å². The van der Waals surface area contributed by atoms with Crippen molar-refractivity contribution in [2.24, 2.45) is 5.92 Å². The molecule has 0 radical (unpaired) electrons. The predicted octanol–water partition coefficient (Wildman–Crippen LogP) is 5.34. The molecule has 2 aromatic heterocycles. The van der Waals surface area contributed by atoms with E-state index in [1.807, 2.05) is 62.6 Å². The van der Waals surface area contributed by atoms with Gasteiger partial charge in [0.05, 0.1) is 24.0 Å². The summed E-state index contributed by atoms with van der Waals surface area (Å²) in [6, 6.07) is 5.78. The minimum atomic E-state index is -3.94.